The Kier molecular flexibility index (Phi) is 7.00. The molecule has 27 heavy (non-hydrogen) atoms. The lowest BCUT2D eigenvalue weighted by atomic mass is 10.2. The summed E-state index contributed by atoms with van der Waals surface area (Å²) in [4.78, 5) is 25.3. The average Bonchev–Trinajstić information content (AvgIpc) is 2.66. The molecule has 2 aromatic rings. The Bertz CT molecular complexity index is 926. The number of benzene rings is 2. The summed E-state index contributed by atoms with van der Waals surface area (Å²) in [7, 11) is -0.809. The van der Waals surface area contributed by atoms with Crippen LogP contribution in [-0.4, -0.2) is 51.4 Å². The summed E-state index contributed by atoms with van der Waals surface area (Å²) in [6.07, 6.45) is 1.96. The topological polar surface area (TPSA) is 95.6 Å². The molecule has 0 saturated carbocycles. The van der Waals surface area contributed by atoms with Crippen LogP contribution in [0.3, 0.4) is 0 Å². The second-order valence-electron chi connectivity index (χ2n) is 5.77. The van der Waals surface area contributed by atoms with Crippen LogP contribution in [0.15, 0.2) is 58.3 Å². The number of nitrogens with zero attached hydrogens (tertiary/aromatic N) is 1. The highest BCUT2D eigenvalue weighted by atomic mass is 32.2. The fourth-order valence-electron chi connectivity index (χ4n) is 2.15. The molecule has 144 valence electrons. The van der Waals surface area contributed by atoms with Crippen LogP contribution in [0.25, 0.3) is 0 Å². The molecule has 0 aromatic heterocycles. The monoisotopic (exact) mass is 407 g/mol. The zero-order valence-corrected chi connectivity index (χ0v) is 16.9. The largest absolute Gasteiger partial charge is 0.343 e. The maximum Gasteiger partial charge on any atom is 0.251 e. The third-order valence-corrected chi connectivity index (χ3v) is 6.21. The van der Waals surface area contributed by atoms with E-state index in [0.717, 1.165) is 9.20 Å². The molecule has 0 bridgehead atoms. The Morgan fingerprint density at radius 3 is 2.33 bits per heavy atom. The molecule has 2 aromatic carbocycles. The van der Waals surface area contributed by atoms with E-state index in [2.05, 4.69) is 10.6 Å². The van der Waals surface area contributed by atoms with E-state index in [9.17, 15) is 18.0 Å². The molecular formula is C18H21N3O4S2. The minimum atomic E-state index is -3.64. The van der Waals surface area contributed by atoms with Crippen molar-refractivity contribution in [1.82, 2.24) is 9.62 Å². The van der Waals surface area contributed by atoms with Crippen molar-refractivity contribution in [3.05, 3.63) is 54.1 Å². The molecule has 0 aliphatic heterocycles. The summed E-state index contributed by atoms with van der Waals surface area (Å²) in [5.74, 6) is -0.906. The highest BCUT2D eigenvalue weighted by molar-refractivity contribution is 7.98. The number of hydrogen-bond donors (Lipinski definition) is 2. The molecule has 0 unspecified atom stereocenters. The summed E-state index contributed by atoms with van der Waals surface area (Å²) < 4.78 is 25.4. The Hall–Kier alpha value is -2.36. The third kappa shape index (κ3) is 5.56. The quantitative estimate of drug-likeness (QED) is 0.685. The lowest BCUT2D eigenvalue weighted by Crippen LogP contribution is -2.33. The molecule has 2 amide bonds. The minimum Gasteiger partial charge on any atom is -0.343 e. The first-order chi connectivity index (χ1) is 12.7. The van der Waals surface area contributed by atoms with Gasteiger partial charge in [-0.05, 0) is 48.7 Å². The smallest absolute Gasteiger partial charge is 0.251 e. The van der Waals surface area contributed by atoms with Gasteiger partial charge in [0.25, 0.3) is 5.91 Å². The zero-order valence-electron chi connectivity index (χ0n) is 15.2. The lowest BCUT2D eigenvalue weighted by Gasteiger charge is -2.12. The highest BCUT2D eigenvalue weighted by Gasteiger charge is 2.18. The van der Waals surface area contributed by atoms with E-state index < -0.39 is 15.9 Å². The summed E-state index contributed by atoms with van der Waals surface area (Å²) in [5.41, 5.74) is 0.793. The van der Waals surface area contributed by atoms with E-state index in [4.69, 9.17) is 0 Å². The zero-order chi connectivity index (χ0) is 20.0. The number of anilines is 1. The van der Waals surface area contributed by atoms with Crippen molar-refractivity contribution in [2.45, 2.75) is 9.79 Å². The van der Waals surface area contributed by atoms with Crippen LogP contribution >= 0.6 is 11.8 Å². The lowest BCUT2D eigenvalue weighted by molar-refractivity contribution is -0.115. The first-order valence-electron chi connectivity index (χ1n) is 7.98. The van der Waals surface area contributed by atoms with Crippen molar-refractivity contribution in [1.29, 1.82) is 0 Å². The van der Waals surface area contributed by atoms with Gasteiger partial charge in [0.05, 0.1) is 11.4 Å². The minimum absolute atomic E-state index is 0.0125. The second-order valence-corrected chi connectivity index (χ2v) is 8.81. The molecule has 2 rings (SSSR count). The van der Waals surface area contributed by atoms with Crippen LogP contribution in [0.5, 0.6) is 0 Å². The average molecular weight is 408 g/mol. The van der Waals surface area contributed by atoms with E-state index in [-0.39, 0.29) is 22.9 Å². The third-order valence-electron chi connectivity index (χ3n) is 3.66. The van der Waals surface area contributed by atoms with Gasteiger partial charge in [-0.3, -0.25) is 9.59 Å². The summed E-state index contributed by atoms with van der Waals surface area (Å²) in [6, 6.07) is 13.0. The fourth-order valence-corrected chi connectivity index (χ4v) is 3.51. The molecule has 0 heterocycles. The first kappa shape index (κ1) is 20.9. The molecular weight excluding hydrogens is 386 g/mol. The number of carbonyl (C=O) groups is 2. The van der Waals surface area contributed by atoms with Gasteiger partial charge < -0.3 is 10.6 Å². The maximum absolute atomic E-state index is 12.2. The van der Waals surface area contributed by atoms with Gasteiger partial charge in [-0.25, -0.2) is 12.7 Å². The Morgan fingerprint density at radius 1 is 1.07 bits per heavy atom. The van der Waals surface area contributed by atoms with Gasteiger partial charge in [0.15, 0.2) is 0 Å². The Balaban J connectivity index is 1.98. The molecule has 0 atom stereocenters. The number of thioether (sulfide) groups is 1. The van der Waals surface area contributed by atoms with E-state index in [0.29, 0.717) is 5.69 Å². The molecule has 7 nitrogen and oxygen atoms in total. The molecule has 0 fully saturated rings. The van der Waals surface area contributed by atoms with Gasteiger partial charge in [0.2, 0.25) is 15.9 Å². The molecule has 0 saturated heterocycles. The van der Waals surface area contributed by atoms with Crippen LogP contribution in [-0.2, 0) is 14.8 Å². The van der Waals surface area contributed by atoms with Crippen molar-refractivity contribution >= 4 is 39.3 Å². The number of sulfonamides is 1. The van der Waals surface area contributed by atoms with Crippen LogP contribution in [0, 0.1) is 0 Å². The number of nitrogens with one attached hydrogen (secondary N) is 2. The molecule has 9 heteroatoms. The molecule has 0 aliphatic rings. The predicted molar refractivity (Wildman–Crippen MR) is 107 cm³/mol. The van der Waals surface area contributed by atoms with Crippen molar-refractivity contribution in [2.75, 3.05) is 32.2 Å². The first-order valence-corrected chi connectivity index (χ1v) is 10.6. The van der Waals surface area contributed by atoms with Crippen molar-refractivity contribution < 1.29 is 18.0 Å². The van der Waals surface area contributed by atoms with E-state index >= 15 is 0 Å². The molecule has 2 N–H and O–H groups in total. The van der Waals surface area contributed by atoms with Crippen LogP contribution in [0.1, 0.15) is 10.4 Å². The van der Waals surface area contributed by atoms with Gasteiger partial charge in [0, 0.05) is 30.2 Å². The van der Waals surface area contributed by atoms with Crippen LogP contribution in [0.4, 0.5) is 5.69 Å². The van der Waals surface area contributed by atoms with Crippen LogP contribution in [0.2, 0.25) is 0 Å². The number of rotatable bonds is 7. The summed E-state index contributed by atoms with van der Waals surface area (Å²) >= 11 is 1.60. The Morgan fingerprint density at radius 2 is 1.74 bits per heavy atom. The van der Waals surface area contributed by atoms with Crippen LogP contribution < -0.4 is 10.6 Å². The van der Waals surface area contributed by atoms with Gasteiger partial charge in [-0.2, -0.15) is 0 Å². The maximum atomic E-state index is 12.2. The predicted octanol–water partition coefficient (Wildman–Crippen LogP) is 2.03. The van der Waals surface area contributed by atoms with Crippen molar-refractivity contribution in [3.8, 4) is 0 Å². The van der Waals surface area contributed by atoms with Crippen molar-refractivity contribution in [3.63, 3.8) is 0 Å². The van der Waals surface area contributed by atoms with Gasteiger partial charge in [-0.15, -0.1) is 11.8 Å². The van der Waals surface area contributed by atoms with E-state index in [1.54, 1.807) is 23.9 Å². The molecule has 0 spiro atoms. The van der Waals surface area contributed by atoms with Gasteiger partial charge in [-0.1, -0.05) is 6.07 Å². The standard InChI is InChI=1S/C18H21N3O4S2/c1-21(2)27(24,25)16-6-4-5-13(11-16)18(23)19-12-17(22)20-14-7-9-15(26-3)10-8-14/h4-11H,12H2,1-3H3,(H,19,23)(H,20,22). The SMILES string of the molecule is CSc1ccc(NC(=O)CNC(=O)c2cccc(S(=O)(=O)N(C)C)c2)cc1. The van der Waals surface area contributed by atoms with Gasteiger partial charge >= 0.3 is 0 Å². The number of carbonyl (C=O) groups excluding carboxylic acids is 2. The highest BCUT2D eigenvalue weighted by Crippen LogP contribution is 2.17. The van der Waals surface area contributed by atoms with E-state index in [1.807, 2.05) is 18.4 Å². The Labute approximate surface area is 163 Å². The molecule has 0 radical (unpaired) electrons. The second kappa shape index (κ2) is 9.03. The van der Waals surface area contributed by atoms with Gasteiger partial charge in [0.1, 0.15) is 0 Å². The summed E-state index contributed by atoms with van der Waals surface area (Å²) in [6.45, 7) is -0.228. The summed E-state index contributed by atoms with van der Waals surface area (Å²) in [5, 5.41) is 5.17. The number of hydrogen-bond acceptors (Lipinski definition) is 5. The molecule has 0 aliphatic carbocycles. The normalized spacial score (nSPS) is 11.3. The number of amides is 2. The van der Waals surface area contributed by atoms with Crippen molar-refractivity contribution in [2.24, 2.45) is 0 Å². The van der Waals surface area contributed by atoms with E-state index in [1.165, 1.54) is 38.4 Å². The fraction of sp³-hybridized carbons (Fsp3) is 0.222.